The fraction of sp³-hybridized carbons (Fsp3) is 0.400. The van der Waals surface area contributed by atoms with Gasteiger partial charge in [0.1, 0.15) is 0 Å². The first-order valence-corrected chi connectivity index (χ1v) is 4.22. The normalized spacial score (nSPS) is 11.3. The number of nitrogens with zero attached hydrogens (tertiary/aromatic N) is 1. The summed E-state index contributed by atoms with van der Waals surface area (Å²) >= 11 is 0. The fourth-order valence-corrected chi connectivity index (χ4v) is 1.02. The van der Waals surface area contributed by atoms with E-state index in [4.69, 9.17) is 11.1 Å². The number of nitrogen functional groups attached to an aromatic ring is 1. The molecule has 0 unspecified atom stereocenters. The molecule has 1 rings (SSSR count). The summed E-state index contributed by atoms with van der Waals surface area (Å²) in [6.07, 6.45) is 3.28. The second kappa shape index (κ2) is 3.17. The number of anilines is 1. The molecule has 13 heavy (non-hydrogen) atoms. The zero-order valence-electron chi connectivity index (χ0n) is 8.26. The largest absolute Gasteiger partial charge is 0.398 e. The molecule has 70 valence electrons. The Labute approximate surface area is 78.5 Å². The quantitative estimate of drug-likeness (QED) is 0.645. The van der Waals surface area contributed by atoms with Crippen LogP contribution in [0.15, 0.2) is 18.5 Å². The van der Waals surface area contributed by atoms with Crippen LogP contribution in [0.25, 0.3) is 0 Å². The van der Waals surface area contributed by atoms with Crippen LogP contribution in [0.5, 0.6) is 0 Å². The van der Waals surface area contributed by atoms with E-state index < -0.39 is 0 Å². The second-order valence-electron chi connectivity index (χ2n) is 4.09. The summed E-state index contributed by atoms with van der Waals surface area (Å²) in [6, 6.07) is 1.72. The minimum atomic E-state index is -0.183. The van der Waals surface area contributed by atoms with Crippen molar-refractivity contribution in [2.24, 2.45) is 5.41 Å². The molecule has 0 atom stereocenters. The van der Waals surface area contributed by atoms with E-state index in [1.165, 1.54) is 0 Å². The monoisotopic (exact) mass is 177 g/mol. The molecule has 0 fully saturated rings. The highest BCUT2D eigenvalue weighted by molar-refractivity contribution is 6.05. The zero-order chi connectivity index (χ0) is 10.1. The van der Waals surface area contributed by atoms with Crippen molar-refractivity contribution >= 4 is 11.4 Å². The molecule has 0 aromatic carbocycles. The molecule has 1 aromatic heterocycles. The highest BCUT2D eigenvalue weighted by Gasteiger charge is 2.20. The number of hydrogen-bond acceptors (Lipinski definition) is 3. The molecule has 0 bridgehead atoms. The van der Waals surface area contributed by atoms with Gasteiger partial charge in [-0.25, -0.2) is 0 Å². The maximum atomic E-state index is 7.90. The van der Waals surface area contributed by atoms with E-state index in [1.807, 2.05) is 20.8 Å². The van der Waals surface area contributed by atoms with Gasteiger partial charge in [0.05, 0.1) is 0 Å². The van der Waals surface area contributed by atoms with Crippen LogP contribution < -0.4 is 5.73 Å². The van der Waals surface area contributed by atoms with Crippen LogP contribution in [0.2, 0.25) is 0 Å². The smallest absolute Gasteiger partial charge is 0.0475 e. The van der Waals surface area contributed by atoms with Gasteiger partial charge in [0, 0.05) is 34.8 Å². The van der Waals surface area contributed by atoms with Gasteiger partial charge in [0.25, 0.3) is 0 Å². The van der Waals surface area contributed by atoms with E-state index >= 15 is 0 Å². The van der Waals surface area contributed by atoms with Gasteiger partial charge in [0.2, 0.25) is 0 Å². The first kappa shape index (κ1) is 9.71. The molecular formula is C10H15N3. The molecule has 0 aliphatic rings. The molecule has 0 radical (unpaired) electrons. The standard InChI is InChI=1S/C10H15N3/c1-10(2,3)9(12)7-6-13-5-4-8(7)11/h4-6,12H,1-3H3,(H2,11,13). The van der Waals surface area contributed by atoms with Crippen molar-refractivity contribution in [3.8, 4) is 0 Å². The Kier molecular flexibility index (Phi) is 2.36. The Morgan fingerprint density at radius 1 is 1.46 bits per heavy atom. The molecule has 0 saturated carbocycles. The van der Waals surface area contributed by atoms with Crippen molar-refractivity contribution < 1.29 is 0 Å². The number of pyridine rings is 1. The summed E-state index contributed by atoms with van der Waals surface area (Å²) in [4.78, 5) is 3.96. The molecule has 1 aromatic rings. The van der Waals surface area contributed by atoms with E-state index in [2.05, 4.69) is 4.98 Å². The zero-order valence-corrected chi connectivity index (χ0v) is 8.26. The summed E-state index contributed by atoms with van der Waals surface area (Å²) in [5.41, 5.74) is 7.43. The summed E-state index contributed by atoms with van der Waals surface area (Å²) in [6.45, 7) is 5.96. The first-order chi connectivity index (χ1) is 5.93. The van der Waals surface area contributed by atoms with Crippen LogP contribution in [0.3, 0.4) is 0 Å². The van der Waals surface area contributed by atoms with Crippen LogP contribution in [0.1, 0.15) is 26.3 Å². The summed E-state index contributed by atoms with van der Waals surface area (Å²) in [5, 5.41) is 7.90. The van der Waals surface area contributed by atoms with E-state index in [0.717, 1.165) is 5.56 Å². The van der Waals surface area contributed by atoms with Gasteiger partial charge in [-0.3, -0.25) is 4.98 Å². The van der Waals surface area contributed by atoms with Gasteiger partial charge in [-0.2, -0.15) is 0 Å². The maximum Gasteiger partial charge on any atom is 0.0475 e. The molecule has 3 nitrogen and oxygen atoms in total. The second-order valence-corrected chi connectivity index (χ2v) is 4.09. The van der Waals surface area contributed by atoms with Crippen molar-refractivity contribution in [3.05, 3.63) is 24.0 Å². The fourth-order valence-electron chi connectivity index (χ4n) is 1.02. The highest BCUT2D eigenvalue weighted by atomic mass is 14.7. The van der Waals surface area contributed by atoms with Crippen molar-refractivity contribution in [2.75, 3.05) is 5.73 Å². The predicted molar refractivity (Wildman–Crippen MR) is 54.9 cm³/mol. The lowest BCUT2D eigenvalue weighted by atomic mass is 9.86. The number of nitrogens with two attached hydrogens (primary N) is 1. The SMILES string of the molecule is CC(C)(C)C(=N)c1cnccc1N. The van der Waals surface area contributed by atoms with Crippen LogP contribution in [-0.2, 0) is 0 Å². The van der Waals surface area contributed by atoms with Gasteiger partial charge in [0.15, 0.2) is 0 Å². The van der Waals surface area contributed by atoms with Crippen molar-refractivity contribution in [1.29, 1.82) is 5.41 Å². The summed E-state index contributed by atoms with van der Waals surface area (Å²) in [5.74, 6) is 0. The molecule has 0 saturated heterocycles. The van der Waals surface area contributed by atoms with Crippen LogP contribution in [0.4, 0.5) is 5.69 Å². The minimum absolute atomic E-state index is 0.183. The van der Waals surface area contributed by atoms with E-state index in [-0.39, 0.29) is 5.41 Å². The number of hydrogen-bond donors (Lipinski definition) is 2. The van der Waals surface area contributed by atoms with E-state index in [0.29, 0.717) is 11.4 Å². The average molecular weight is 177 g/mol. The Bertz CT molecular complexity index is 323. The summed E-state index contributed by atoms with van der Waals surface area (Å²) in [7, 11) is 0. The molecule has 0 aliphatic carbocycles. The van der Waals surface area contributed by atoms with Crippen LogP contribution in [-0.4, -0.2) is 10.7 Å². The third kappa shape index (κ3) is 2.05. The van der Waals surface area contributed by atoms with Crippen molar-refractivity contribution in [1.82, 2.24) is 4.98 Å². The summed E-state index contributed by atoms with van der Waals surface area (Å²) < 4.78 is 0. The van der Waals surface area contributed by atoms with Crippen molar-refractivity contribution in [2.45, 2.75) is 20.8 Å². The Hall–Kier alpha value is -1.38. The lowest BCUT2D eigenvalue weighted by Crippen LogP contribution is -2.21. The Morgan fingerprint density at radius 3 is 2.54 bits per heavy atom. The lowest BCUT2D eigenvalue weighted by molar-refractivity contribution is 0.588. The van der Waals surface area contributed by atoms with Crippen LogP contribution >= 0.6 is 0 Å². The third-order valence-corrected chi connectivity index (χ3v) is 1.87. The number of rotatable bonds is 1. The molecule has 0 amide bonds. The molecule has 3 N–H and O–H groups in total. The van der Waals surface area contributed by atoms with Gasteiger partial charge in [-0.1, -0.05) is 20.8 Å². The Morgan fingerprint density at radius 2 is 2.08 bits per heavy atom. The number of aromatic nitrogens is 1. The van der Waals surface area contributed by atoms with E-state index in [9.17, 15) is 0 Å². The average Bonchev–Trinajstić information content (AvgIpc) is 2.02. The molecule has 0 aliphatic heterocycles. The van der Waals surface area contributed by atoms with Gasteiger partial charge in [-0.05, 0) is 6.07 Å². The third-order valence-electron chi connectivity index (χ3n) is 1.87. The molecule has 1 heterocycles. The van der Waals surface area contributed by atoms with Crippen molar-refractivity contribution in [3.63, 3.8) is 0 Å². The highest BCUT2D eigenvalue weighted by Crippen LogP contribution is 2.23. The first-order valence-electron chi connectivity index (χ1n) is 4.22. The van der Waals surface area contributed by atoms with Gasteiger partial charge >= 0.3 is 0 Å². The molecular weight excluding hydrogens is 162 g/mol. The molecule has 0 spiro atoms. The topological polar surface area (TPSA) is 62.8 Å². The lowest BCUT2D eigenvalue weighted by Gasteiger charge is -2.20. The minimum Gasteiger partial charge on any atom is -0.398 e. The van der Waals surface area contributed by atoms with Gasteiger partial charge in [-0.15, -0.1) is 0 Å². The predicted octanol–water partition coefficient (Wildman–Crippen LogP) is 2.08. The van der Waals surface area contributed by atoms with Gasteiger partial charge < -0.3 is 11.1 Å². The van der Waals surface area contributed by atoms with E-state index in [1.54, 1.807) is 18.5 Å². The molecule has 3 heteroatoms. The number of nitrogens with one attached hydrogen (secondary N) is 1. The Balaban J connectivity index is 3.10. The maximum absolute atomic E-state index is 7.90. The van der Waals surface area contributed by atoms with Crippen LogP contribution in [0, 0.1) is 10.8 Å².